The van der Waals surface area contributed by atoms with Gasteiger partial charge in [-0.2, -0.15) is 10.5 Å². The number of nitriles is 2. The van der Waals surface area contributed by atoms with Gasteiger partial charge in [-0.3, -0.25) is 9.36 Å². The van der Waals surface area contributed by atoms with Gasteiger partial charge in [0.1, 0.15) is 0 Å². The van der Waals surface area contributed by atoms with Crippen LogP contribution in [0, 0.1) is 22.8 Å². The molecule has 0 bridgehead atoms. The van der Waals surface area contributed by atoms with Crippen LogP contribution in [0.2, 0.25) is 0 Å². The van der Waals surface area contributed by atoms with Crippen molar-refractivity contribution in [2.45, 2.75) is 18.9 Å². The van der Waals surface area contributed by atoms with Gasteiger partial charge in [-0.05, 0) is 31.0 Å². The van der Waals surface area contributed by atoms with Gasteiger partial charge < -0.3 is 10.2 Å². The van der Waals surface area contributed by atoms with Crippen molar-refractivity contribution in [1.82, 2.24) is 19.8 Å². The number of carbonyl (C=O) groups is 1. The number of aromatic nitrogens is 2. The third kappa shape index (κ3) is 3.06. The molecule has 1 aliphatic heterocycles. The second-order valence-corrected chi connectivity index (χ2v) is 5.58. The Balaban J connectivity index is 1.74. The Labute approximate surface area is 139 Å². The number of rotatable bonds is 4. The molecule has 1 aromatic carbocycles. The number of amides is 1. The van der Waals surface area contributed by atoms with Crippen molar-refractivity contribution >= 4 is 5.91 Å². The molecule has 2 heterocycles. The minimum Gasteiger partial charge on any atom is -0.347 e. The Kier molecular flexibility index (Phi) is 4.44. The fourth-order valence-electron chi connectivity index (χ4n) is 2.87. The number of nitrogens with one attached hydrogen (secondary N) is 1. The van der Waals surface area contributed by atoms with Crippen molar-refractivity contribution < 1.29 is 4.79 Å². The van der Waals surface area contributed by atoms with E-state index in [1.807, 2.05) is 6.07 Å². The van der Waals surface area contributed by atoms with Gasteiger partial charge in [-0.1, -0.05) is 6.07 Å². The first-order valence-corrected chi connectivity index (χ1v) is 7.71. The zero-order chi connectivity index (χ0) is 16.9. The molecule has 1 saturated heterocycles. The van der Waals surface area contributed by atoms with E-state index in [2.05, 4.69) is 22.6 Å². The molecule has 1 amide bonds. The van der Waals surface area contributed by atoms with E-state index in [1.54, 1.807) is 40.1 Å². The average molecular weight is 320 g/mol. The van der Waals surface area contributed by atoms with Crippen LogP contribution < -0.4 is 5.32 Å². The lowest BCUT2D eigenvalue weighted by atomic mass is 10.2. The molecule has 120 valence electrons. The molecule has 24 heavy (non-hydrogen) atoms. The Bertz CT molecular complexity index is 828. The van der Waals surface area contributed by atoms with Crippen LogP contribution >= 0.6 is 0 Å². The van der Waals surface area contributed by atoms with Crippen molar-refractivity contribution in [2.24, 2.45) is 0 Å². The number of hydrogen-bond acceptors (Lipinski definition) is 5. The fourth-order valence-corrected chi connectivity index (χ4v) is 2.87. The molecule has 7 heteroatoms. The van der Waals surface area contributed by atoms with Crippen LogP contribution in [0.15, 0.2) is 36.7 Å². The van der Waals surface area contributed by atoms with Crippen LogP contribution in [0.5, 0.6) is 0 Å². The number of carbonyl (C=O) groups excluding carboxylic acids is 1. The lowest BCUT2D eigenvalue weighted by Crippen LogP contribution is -2.38. The Morgan fingerprint density at radius 3 is 3.08 bits per heavy atom. The first kappa shape index (κ1) is 15.6. The van der Waals surface area contributed by atoms with Gasteiger partial charge in [0, 0.05) is 31.2 Å². The topological polar surface area (TPSA) is 97.7 Å². The molecule has 0 saturated carbocycles. The molecule has 3 rings (SSSR count). The first-order chi connectivity index (χ1) is 11.7. The van der Waals surface area contributed by atoms with E-state index >= 15 is 0 Å². The predicted molar refractivity (Wildman–Crippen MR) is 86.0 cm³/mol. The minimum absolute atomic E-state index is 0.0456. The SMILES string of the molecule is N#Cc1cccc(-n2ccnc2C(=O)NC[C@H]2CCCN2C#N)c1. The molecule has 1 fully saturated rings. The molecular formula is C17H16N6O. The highest BCUT2D eigenvalue weighted by molar-refractivity contribution is 5.91. The second kappa shape index (κ2) is 6.84. The average Bonchev–Trinajstić information content (AvgIpc) is 3.28. The third-order valence-electron chi connectivity index (χ3n) is 4.10. The fraction of sp³-hybridized carbons (Fsp3) is 0.294. The van der Waals surface area contributed by atoms with Gasteiger partial charge in [-0.25, -0.2) is 4.98 Å². The maximum atomic E-state index is 12.4. The van der Waals surface area contributed by atoms with Crippen LogP contribution in [0.25, 0.3) is 5.69 Å². The Morgan fingerprint density at radius 2 is 2.29 bits per heavy atom. The highest BCUT2D eigenvalue weighted by atomic mass is 16.2. The highest BCUT2D eigenvalue weighted by Gasteiger charge is 2.24. The monoisotopic (exact) mass is 320 g/mol. The summed E-state index contributed by atoms with van der Waals surface area (Å²) in [4.78, 5) is 18.3. The molecule has 0 unspecified atom stereocenters. The van der Waals surface area contributed by atoms with Crippen molar-refractivity contribution in [1.29, 1.82) is 10.5 Å². The van der Waals surface area contributed by atoms with Gasteiger partial charge in [-0.15, -0.1) is 0 Å². The van der Waals surface area contributed by atoms with E-state index in [-0.39, 0.29) is 17.8 Å². The van der Waals surface area contributed by atoms with E-state index in [1.165, 1.54) is 0 Å². The maximum absolute atomic E-state index is 12.4. The van der Waals surface area contributed by atoms with E-state index in [9.17, 15) is 4.79 Å². The van der Waals surface area contributed by atoms with Crippen LogP contribution in [0.3, 0.4) is 0 Å². The first-order valence-electron chi connectivity index (χ1n) is 7.71. The number of nitrogens with zero attached hydrogens (tertiary/aromatic N) is 5. The molecule has 7 nitrogen and oxygen atoms in total. The molecule has 0 aliphatic carbocycles. The lowest BCUT2D eigenvalue weighted by Gasteiger charge is -2.18. The summed E-state index contributed by atoms with van der Waals surface area (Å²) in [6.45, 7) is 1.16. The molecule has 0 spiro atoms. The van der Waals surface area contributed by atoms with Gasteiger partial charge >= 0.3 is 0 Å². The normalized spacial score (nSPS) is 16.4. The standard InChI is InChI=1S/C17H16N6O/c18-10-13-3-1-4-14(9-13)23-8-6-20-16(23)17(24)21-11-15-5-2-7-22(15)12-19/h1,3-4,6,8-9,15H,2,5,7,11H2,(H,21,24)/t15-/m1/s1. The summed E-state index contributed by atoms with van der Waals surface area (Å²) in [7, 11) is 0. The maximum Gasteiger partial charge on any atom is 0.287 e. The summed E-state index contributed by atoms with van der Waals surface area (Å²) >= 11 is 0. The number of imidazole rings is 1. The van der Waals surface area contributed by atoms with Crippen molar-refractivity contribution in [3.05, 3.63) is 48.0 Å². The smallest absolute Gasteiger partial charge is 0.287 e. The summed E-state index contributed by atoms with van der Waals surface area (Å²) in [6, 6.07) is 9.11. The summed E-state index contributed by atoms with van der Waals surface area (Å²) < 4.78 is 1.65. The largest absolute Gasteiger partial charge is 0.347 e. The molecule has 1 N–H and O–H groups in total. The molecule has 2 aromatic rings. The van der Waals surface area contributed by atoms with Gasteiger partial charge in [0.2, 0.25) is 5.82 Å². The minimum atomic E-state index is -0.299. The van der Waals surface area contributed by atoms with Gasteiger partial charge in [0.15, 0.2) is 6.19 Å². The number of hydrogen-bond donors (Lipinski definition) is 1. The summed E-state index contributed by atoms with van der Waals surface area (Å²) in [5.41, 5.74) is 1.22. The number of likely N-dealkylation sites (tertiary alicyclic amines) is 1. The molecule has 0 radical (unpaired) electrons. The predicted octanol–water partition coefficient (Wildman–Crippen LogP) is 1.42. The summed E-state index contributed by atoms with van der Waals surface area (Å²) in [5, 5.41) is 20.9. The molecule has 1 aromatic heterocycles. The molecule has 1 atom stereocenters. The van der Waals surface area contributed by atoms with E-state index in [4.69, 9.17) is 10.5 Å². The highest BCUT2D eigenvalue weighted by Crippen LogP contribution is 2.16. The number of benzene rings is 1. The quantitative estimate of drug-likeness (QED) is 0.859. The van der Waals surface area contributed by atoms with Crippen LogP contribution in [0.4, 0.5) is 0 Å². The lowest BCUT2D eigenvalue weighted by molar-refractivity contribution is 0.0933. The van der Waals surface area contributed by atoms with Crippen LogP contribution in [0.1, 0.15) is 29.0 Å². The van der Waals surface area contributed by atoms with E-state index < -0.39 is 0 Å². The van der Waals surface area contributed by atoms with Gasteiger partial charge in [0.05, 0.1) is 17.7 Å². The van der Waals surface area contributed by atoms with Crippen molar-refractivity contribution in [2.75, 3.05) is 13.1 Å². The Hall–Kier alpha value is -3.32. The van der Waals surface area contributed by atoms with Crippen molar-refractivity contribution in [3.8, 4) is 17.9 Å². The molecule has 1 aliphatic rings. The van der Waals surface area contributed by atoms with Crippen LogP contribution in [-0.2, 0) is 0 Å². The second-order valence-electron chi connectivity index (χ2n) is 5.58. The van der Waals surface area contributed by atoms with Crippen LogP contribution in [-0.4, -0.2) is 39.5 Å². The van der Waals surface area contributed by atoms with Crippen molar-refractivity contribution in [3.63, 3.8) is 0 Å². The van der Waals surface area contributed by atoms with E-state index in [0.29, 0.717) is 17.8 Å². The summed E-state index contributed by atoms with van der Waals surface area (Å²) in [6.07, 6.45) is 7.24. The Morgan fingerprint density at radius 1 is 1.42 bits per heavy atom. The molecular weight excluding hydrogens is 304 g/mol. The summed E-state index contributed by atoms with van der Waals surface area (Å²) in [5.74, 6) is -0.0428. The van der Waals surface area contributed by atoms with Gasteiger partial charge in [0.25, 0.3) is 5.91 Å². The third-order valence-corrected chi connectivity index (χ3v) is 4.10. The zero-order valence-corrected chi connectivity index (χ0v) is 13.0. The van der Waals surface area contributed by atoms with E-state index in [0.717, 1.165) is 19.4 Å². The zero-order valence-electron chi connectivity index (χ0n) is 13.0.